The summed E-state index contributed by atoms with van der Waals surface area (Å²) in [4.78, 5) is 25.2. The van der Waals surface area contributed by atoms with Crippen LogP contribution in [-0.4, -0.2) is 30.6 Å². The van der Waals surface area contributed by atoms with Crippen LogP contribution < -0.4 is 5.32 Å². The van der Waals surface area contributed by atoms with Crippen molar-refractivity contribution in [1.82, 2.24) is 30.0 Å². The van der Waals surface area contributed by atoms with Crippen LogP contribution in [0.2, 0.25) is 0 Å². The van der Waals surface area contributed by atoms with Gasteiger partial charge in [0.1, 0.15) is 17.7 Å². The van der Waals surface area contributed by atoms with Crippen molar-refractivity contribution < 1.29 is 4.79 Å². The Morgan fingerprint density at radius 2 is 2.07 bits per heavy atom. The van der Waals surface area contributed by atoms with E-state index < -0.39 is 0 Å². The second kappa shape index (κ2) is 8.10. The standard InChI is InChI=1S/C20H18N6OS/c1-14(15-5-7-17(8-6-15)26-13-21-12-23-26)24-19(27)10-16-11-28-20(25-16)18-4-2-3-9-22-18/h2-9,11-14H,10H2,1H3,(H,24,27)/t14-/m1/s1. The van der Waals surface area contributed by atoms with Crippen LogP contribution in [0.1, 0.15) is 24.2 Å². The van der Waals surface area contributed by atoms with Crippen LogP contribution in [0.4, 0.5) is 0 Å². The third-order valence-corrected chi connectivity index (χ3v) is 5.14. The molecule has 28 heavy (non-hydrogen) atoms. The molecule has 3 heterocycles. The van der Waals surface area contributed by atoms with Gasteiger partial charge < -0.3 is 5.32 Å². The number of benzene rings is 1. The van der Waals surface area contributed by atoms with E-state index in [1.165, 1.54) is 17.7 Å². The highest BCUT2D eigenvalue weighted by Crippen LogP contribution is 2.22. The fraction of sp³-hybridized carbons (Fsp3) is 0.150. The molecule has 1 amide bonds. The van der Waals surface area contributed by atoms with Crippen molar-refractivity contribution >= 4 is 17.2 Å². The first kappa shape index (κ1) is 18.0. The van der Waals surface area contributed by atoms with Crippen LogP contribution in [0.15, 0.2) is 66.7 Å². The minimum Gasteiger partial charge on any atom is -0.349 e. The largest absolute Gasteiger partial charge is 0.349 e. The van der Waals surface area contributed by atoms with Crippen molar-refractivity contribution in [2.45, 2.75) is 19.4 Å². The molecule has 0 aliphatic heterocycles. The summed E-state index contributed by atoms with van der Waals surface area (Å²) in [6.07, 6.45) is 5.12. The van der Waals surface area contributed by atoms with Crippen LogP contribution in [-0.2, 0) is 11.2 Å². The van der Waals surface area contributed by atoms with Crippen LogP contribution in [0.25, 0.3) is 16.4 Å². The zero-order chi connectivity index (χ0) is 19.3. The van der Waals surface area contributed by atoms with Crippen molar-refractivity contribution in [3.63, 3.8) is 0 Å². The van der Waals surface area contributed by atoms with Gasteiger partial charge in [0.2, 0.25) is 5.91 Å². The molecule has 0 unspecified atom stereocenters. The first-order valence-corrected chi connectivity index (χ1v) is 9.67. The monoisotopic (exact) mass is 390 g/mol. The van der Waals surface area contributed by atoms with E-state index in [9.17, 15) is 4.79 Å². The maximum absolute atomic E-state index is 12.4. The molecule has 1 aromatic carbocycles. The van der Waals surface area contributed by atoms with Crippen molar-refractivity contribution in [2.24, 2.45) is 0 Å². The molecule has 1 N–H and O–H groups in total. The predicted octanol–water partition coefficient (Wildman–Crippen LogP) is 3.21. The maximum Gasteiger partial charge on any atom is 0.226 e. The number of aromatic nitrogens is 5. The Bertz CT molecular complexity index is 1040. The molecule has 0 spiro atoms. The van der Waals surface area contributed by atoms with Crippen molar-refractivity contribution in [3.8, 4) is 16.4 Å². The average molecular weight is 390 g/mol. The molecular formula is C20H18N6OS. The van der Waals surface area contributed by atoms with E-state index in [2.05, 4.69) is 25.4 Å². The van der Waals surface area contributed by atoms with Gasteiger partial charge in [-0.1, -0.05) is 18.2 Å². The fourth-order valence-electron chi connectivity index (χ4n) is 2.79. The molecule has 1 atom stereocenters. The van der Waals surface area contributed by atoms with E-state index >= 15 is 0 Å². The number of carbonyl (C=O) groups is 1. The predicted molar refractivity (Wildman–Crippen MR) is 107 cm³/mol. The van der Waals surface area contributed by atoms with Crippen molar-refractivity contribution in [2.75, 3.05) is 0 Å². The highest BCUT2D eigenvalue weighted by Gasteiger charge is 2.13. The summed E-state index contributed by atoms with van der Waals surface area (Å²) in [6.45, 7) is 1.96. The lowest BCUT2D eigenvalue weighted by Crippen LogP contribution is -2.28. The van der Waals surface area contributed by atoms with Crippen LogP contribution in [0.5, 0.6) is 0 Å². The van der Waals surface area contributed by atoms with Gasteiger partial charge >= 0.3 is 0 Å². The number of pyridine rings is 1. The smallest absolute Gasteiger partial charge is 0.226 e. The third-order valence-electron chi connectivity index (χ3n) is 4.23. The lowest BCUT2D eigenvalue weighted by atomic mass is 10.1. The van der Waals surface area contributed by atoms with Gasteiger partial charge in [-0.05, 0) is 36.8 Å². The molecule has 0 saturated carbocycles. The molecule has 7 nitrogen and oxygen atoms in total. The number of thiazole rings is 1. The summed E-state index contributed by atoms with van der Waals surface area (Å²) in [7, 11) is 0. The summed E-state index contributed by atoms with van der Waals surface area (Å²) >= 11 is 1.49. The fourth-order valence-corrected chi connectivity index (χ4v) is 3.59. The number of nitrogens with one attached hydrogen (secondary N) is 1. The Kier molecular flexibility index (Phi) is 5.20. The lowest BCUT2D eigenvalue weighted by molar-refractivity contribution is -0.121. The van der Waals surface area contributed by atoms with E-state index in [1.54, 1.807) is 17.2 Å². The summed E-state index contributed by atoms with van der Waals surface area (Å²) in [5.41, 5.74) is 3.51. The molecule has 0 bridgehead atoms. The molecule has 0 radical (unpaired) electrons. The first-order valence-electron chi connectivity index (χ1n) is 8.79. The third kappa shape index (κ3) is 4.12. The summed E-state index contributed by atoms with van der Waals surface area (Å²) < 4.78 is 1.69. The van der Waals surface area contributed by atoms with Gasteiger partial charge in [0.15, 0.2) is 0 Å². The van der Waals surface area contributed by atoms with Crippen LogP contribution in [0, 0.1) is 0 Å². The topological polar surface area (TPSA) is 85.6 Å². The van der Waals surface area contributed by atoms with Gasteiger partial charge in [-0.2, -0.15) is 5.10 Å². The normalized spacial score (nSPS) is 11.9. The second-order valence-corrected chi connectivity index (χ2v) is 7.11. The molecule has 8 heteroatoms. The SMILES string of the molecule is C[C@@H](NC(=O)Cc1csc(-c2ccccn2)n1)c1ccc(-n2cncn2)cc1. The zero-order valence-electron chi connectivity index (χ0n) is 15.2. The zero-order valence-corrected chi connectivity index (χ0v) is 16.0. The van der Waals surface area contributed by atoms with E-state index in [0.717, 1.165) is 27.6 Å². The maximum atomic E-state index is 12.4. The Morgan fingerprint density at radius 3 is 2.79 bits per heavy atom. The average Bonchev–Trinajstić information content (AvgIpc) is 3.41. The van der Waals surface area contributed by atoms with E-state index in [0.29, 0.717) is 0 Å². The molecule has 4 rings (SSSR count). The molecule has 0 fully saturated rings. The van der Waals surface area contributed by atoms with Crippen LogP contribution >= 0.6 is 11.3 Å². The van der Waals surface area contributed by atoms with E-state index in [4.69, 9.17) is 0 Å². The van der Waals surface area contributed by atoms with Gasteiger partial charge in [-0.3, -0.25) is 9.78 Å². The highest BCUT2D eigenvalue weighted by molar-refractivity contribution is 7.13. The summed E-state index contributed by atoms with van der Waals surface area (Å²) in [5, 5.41) is 9.85. The molecule has 0 aliphatic carbocycles. The summed E-state index contributed by atoms with van der Waals surface area (Å²) in [5.74, 6) is -0.0641. The minimum absolute atomic E-state index is 0.0641. The van der Waals surface area contributed by atoms with Gasteiger partial charge in [-0.15, -0.1) is 11.3 Å². The summed E-state index contributed by atoms with van der Waals surface area (Å²) in [6, 6.07) is 13.4. The Morgan fingerprint density at radius 1 is 1.21 bits per heavy atom. The number of hydrogen-bond acceptors (Lipinski definition) is 6. The van der Waals surface area contributed by atoms with Crippen LogP contribution in [0.3, 0.4) is 0 Å². The highest BCUT2D eigenvalue weighted by atomic mass is 32.1. The van der Waals surface area contributed by atoms with Gasteiger partial charge in [-0.25, -0.2) is 14.6 Å². The first-order chi connectivity index (χ1) is 13.7. The van der Waals surface area contributed by atoms with Gasteiger partial charge in [0.25, 0.3) is 0 Å². The van der Waals surface area contributed by atoms with Gasteiger partial charge in [0, 0.05) is 11.6 Å². The van der Waals surface area contributed by atoms with Crippen molar-refractivity contribution in [1.29, 1.82) is 0 Å². The van der Waals surface area contributed by atoms with Crippen molar-refractivity contribution in [3.05, 3.63) is 78.0 Å². The number of rotatable bonds is 6. The number of hydrogen-bond donors (Lipinski definition) is 1. The van der Waals surface area contributed by atoms with E-state index in [-0.39, 0.29) is 18.4 Å². The number of carbonyl (C=O) groups excluding carboxylic acids is 1. The lowest BCUT2D eigenvalue weighted by Gasteiger charge is -2.14. The number of nitrogens with zero attached hydrogens (tertiary/aromatic N) is 5. The molecular weight excluding hydrogens is 372 g/mol. The quantitative estimate of drug-likeness (QED) is 0.546. The minimum atomic E-state index is -0.105. The van der Waals surface area contributed by atoms with E-state index in [1.807, 2.05) is 54.8 Å². The second-order valence-electron chi connectivity index (χ2n) is 6.26. The van der Waals surface area contributed by atoms with Gasteiger partial charge in [0.05, 0.1) is 29.5 Å². The molecule has 0 saturated heterocycles. The Labute approximate surface area is 166 Å². The molecule has 4 aromatic rings. The molecule has 0 aliphatic rings. The molecule has 140 valence electrons. The Hall–Kier alpha value is -3.39. The number of amides is 1. The molecule has 3 aromatic heterocycles. The Balaban J connectivity index is 1.36.